The SMILES string of the molecule is CCN(CC)S(=O)(=O)c1ccc(CCNC(=O)C2CC(O)CN2)s1. The van der Waals surface area contributed by atoms with Gasteiger partial charge in [-0.15, -0.1) is 11.3 Å². The zero-order valence-electron chi connectivity index (χ0n) is 14.0. The van der Waals surface area contributed by atoms with Gasteiger partial charge in [0.1, 0.15) is 4.21 Å². The number of nitrogens with zero attached hydrogens (tertiary/aromatic N) is 1. The average Bonchev–Trinajstić information content (AvgIpc) is 3.17. The van der Waals surface area contributed by atoms with Crippen molar-refractivity contribution in [3.05, 3.63) is 17.0 Å². The lowest BCUT2D eigenvalue weighted by Crippen LogP contribution is -2.41. The van der Waals surface area contributed by atoms with Gasteiger partial charge in [0, 0.05) is 31.1 Å². The van der Waals surface area contributed by atoms with Crippen LogP contribution in [0.5, 0.6) is 0 Å². The van der Waals surface area contributed by atoms with Crippen LogP contribution in [0.25, 0.3) is 0 Å². The molecule has 0 bridgehead atoms. The molecular weight excluding hydrogens is 350 g/mol. The van der Waals surface area contributed by atoms with Crippen molar-refractivity contribution >= 4 is 27.3 Å². The van der Waals surface area contributed by atoms with Gasteiger partial charge in [0.05, 0.1) is 12.1 Å². The standard InChI is InChI=1S/C15H25N3O4S2/c1-3-18(4-2)24(21,22)14-6-5-12(23-14)7-8-16-15(20)13-9-11(19)10-17-13/h5-6,11,13,17,19H,3-4,7-10H2,1-2H3,(H,16,20). The number of hydrogen-bond donors (Lipinski definition) is 3. The van der Waals surface area contributed by atoms with E-state index in [9.17, 15) is 18.3 Å². The molecule has 9 heteroatoms. The van der Waals surface area contributed by atoms with Gasteiger partial charge in [0.25, 0.3) is 10.0 Å². The fourth-order valence-corrected chi connectivity index (χ4v) is 5.64. The minimum Gasteiger partial charge on any atom is -0.392 e. The van der Waals surface area contributed by atoms with E-state index in [2.05, 4.69) is 10.6 Å². The second-order valence-corrected chi connectivity index (χ2v) is 9.03. The van der Waals surface area contributed by atoms with Crippen molar-refractivity contribution in [2.24, 2.45) is 0 Å². The number of carbonyl (C=O) groups is 1. The molecule has 1 saturated heterocycles. The second-order valence-electron chi connectivity index (χ2n) is 5.70. The number of rotatable bonds is 8. The number of sulfonamides is 1. The quantitative estimate of drug-likeness (QED) is 0.601. The van der Waals surface area contributed by atoms with Crippen molar-refractivity contribution in [3.8, 4) is 0 Å². The molecule has 1 aromatic rings. The maximum Gasteiger partial charge on any atom is 0.252 e. The van der Waals surface area contributed by atoms with E-state index in [1.165, 1.54) is 15.6 Å². The van der Waals surface area contributed by atoms with E-state index in [-0.39, 0.29) is 11.9 Å². The molecule has 1 fully saturated rings. The smallest absolute Gasteiger partial charge is 0.252 e. The number of thiophene rings is 1. The largest absolute Gasteiger partial charge is 0.392 e. The average molecular weight is 376 g/mol. The molecule has 0 radical (unpaired) electrons. The van der Waals surface area contributed by atoms with E-state index in [1.807, 2.05) is 13.8 Å². The van der Waals surface area contributed by atoms with Crippen LogP contribution in [0.1, 0.15) is 25.1 Å². The van der Waals surface area contributed by atoms with Crippen LogP contribution in [-0.4, -0.2) is 62.1 Å². The van der Waals surface area contributed by atoms with Gasteiger partial charge in [-0.1, -0.05) is 13.8 Å². The fourth-order valence-electron chi connectivity index (χ4n) is 2.67. The van der Waals surface area contributed by atoms with Gasteiger partial charge >= 0.3 is 0 Å². The summed E-state index contributed by atoms with van der Waals surface area (Å²) in [5.74, 6) is -0.126. The first kappa shape index (κ1) is 19.3. The van der Waals surface area contributed by atoms with Crippen LogP contribution in [0.3, 0.4) is 0 Å². The third-order valence-electron chi connectivity index (χ3n) is 4.03. The first-order valence-electron chi connectivity index (χ1n) is 8.16. The summed E-state index contributed by atoms with van der Waals surface area (Å²) in [6, 6.07) is 3.08. The highest BCUT2D eigenvalue weighted by molar-refractivity contribution is 7.91. The molecule has 136 valence electrons. The lowest BCUT2D eigenvalue weighted by Gasteiger charge is -2.16. The second kappa shape index (κ2) is 8.39. The molecule has 7 nitrogen and oxygen atoms in total. The van der Waals surface area contributed by atoms with Gasteiger partial charge in [0.15, 0.2) is 0 Å². The molecule has 2 unspecified atom stereocenters. The highest BCUT2D eigenvalue weighted by Crippen LogP contribution is 2.25. The monoisotopic (exact) mass is 375 g/mol. The Labute approximate surface area is 147 Å². The van der Waals surface area contributed by atoms with Crippen molar-refractivity contribution in [1.82, 2.24) is 14.9 Å². The van der Waals surface area contributed by atoms with Crippen LogP contribution in [0.4, 0.5) is 0 Å². The van der Waals surface area contributed by atoms with Crippen LogP contribution in [0, 0.1) is 0 Å². The van der Waals surface area contributed by atoms with Crippen molar-refractivity contribution in [2.45, 2.75) is 43.0 Å². The molecule has 3 N–H and O–H groups in total. The highest BCUT2D eigenvalue weighted by Gasteiger charge is 2.27. The van der Waals surface area contributed by atoms with Gasteiger partial charge in [-0.3, -0.25) is 4.79 Å². The number of aliphatic hydroxyl groups is 1. The third-order valence-corrected chi connectivity index (χ3v) is 7.69. The van der Waals surface area contributed by atoms with Crippen molar-refractivity contribution < 1.29 is 18.3 Å². The number of β-amino-alcohol motifs (C(OH)–C–C–N with tert-alkyl or cyclic N) is 1. The lowest BCUT2D eigenvalue weighted by atomic mass is 10.2. The van der Waals surface area contributed by atoms with E-state index in [0.717, 1.165) is 4.88 Å². The molecule has 2 heterocycles. The summed E-state index contributed by atoms with van der Waals surface area (Å²) in [4.78, 5) is 12.8. The number of amides is 1. The van der Waals surface area contributed by atoms with Crippen molar-refractivity contribution in [2.75, 3.05) is 26.2 Å². The number of aliphatic hydroxyl groups excluding tert-OH is 1. The van der Waals surface area contributed by atoms with Crippen LogP contribution in [0.15, 0.2) is 16.3 Å². The minimum atomic E-state index is -3.41. The molecule has 1 amide bonds. The van der Waals surface area contributed by atoms with E-state index >= 15 is 0 Å². The van der Waals surface area contributed by atoms with Crippen LogP contribution in [0.2, 0.25) is 0 Å². The molecule has 2 atom stereocenters. The Kier molecular flexibility index (Phi) is 6.76. The Bertz CT molecular complexity index is 655. The Balaban J connectivity index is 1.87. The first-order chi connectivity index (χ1) is 11.4. The van der Waals surface area contributed by atoms with E-state index in [4.69, 9.17) is 0 Å². The summed E-state index contributed by atoms with van der Waals surface area (Å²) in [6.45, 7) is 5.41. The zero-order valence-corrected chi connectivity index (χ0v) is 15.6. The molecule has 1 aliphatic rings. The van der Waals surface area contributed by atoms with Gasteiger partial charge in [-0.25, -0.2) is 8.42 Å². The normalized spacial score (nSPS) is 21.3. The third kappa shape index (κ3) is 4.54. The molecule has 0 saturated carbocycles. The van der Waals surface area contributed by atoms with Crippen LogP contribution in [-0.2, 0) is 21.2 Å². The summed E-state index contributed by atoms with van der Waals surface area (Å²) < 4.78 is 26.6. The van der Waals surface area contributed by atoms with Gasteiger partial charge < -0.3 is 15.7 Å². The predicted octanol–water partition coefficient (Wildman–Crippen LogP) is 0.160. The Hall–Kier alpha value is -1.00. The van der Waals surface area contributed by atoms with Crippen molar-refractivity contribution in [1.29, 1.82) is 0 Å². The van der Waals surface area contributed by atoms with Crippen LogP contribution < -0.4 is 10.6 Å². The zero-order chi connectivity index (χ0) is 17.7. The molecule has 24 heavy (non-hydrogen) atoms. The Morgan fingerprint density at radius 2 is 2.12 bits per heavy atom. The topological polar surface area (TPSA) is 98.7 Å². The molecule has 2 rings (SSSR count). The van der Waals surface area contributed by atoms with E-state index in [1.54, 1.807) is 12.1 Å². The first-order valence-corrected chi connectivity index (χ1v) is 10.4. The van der Waals surface area contributed by atoms with Crippen LogP contribution >= 0.6 is 11.3 Å². The fraction of sp³-hybridized carbons (Fsp3) is 0.667. The Morgan fingerprint density at radius 3 is 2.71 bits per heavy atom. The maximum atomic E-state index is 12.4. The molecule has 0 aromatic carbocycles. The minimum absolute atomic E-state index is 0.126. The lowest BCUT2D eigenvalue weighted by molar-refractivity contribution is -0.122. The number of hydrogen-bond acceptors (Lipinski definition) is 6. The summed E-state index contributed by atoms with van der Waals surface area (Å²) in [5, 5.41) is 15.2. The number of carbonyl (C=O) groups excluding carboxylic acids is 1. The summed E-state index contributed by atoms with van der Waals surface area (Å²) in [7, 11) is -3.41. The van der Waals surface area contributed by atoms with E-state index < -0.39 is 16.1 Å². The Morgan fingerprint density at radius 1 is 1.42 bits per heavy atom. The summed E-state index contributed by atoms with van der Waals surface area (Å²) in [6.07, 6.45) is 0.544. The summed E-state index contributed by atoms with van der Waals surface area (Å²) in [5.41, 5.74) is 0. The van der Waals surface area contributed by atoms with Gasteiger partial charge in [0.2, 0.25) is 5.91 Å². The summed E-state index contributed by atoms with van der Waals surface area (Å²) >= 11 is 1.25. The maximum absolute atomic E-state index is 12.4. The molecule has 1 aliphatic heterocycles. The van der Waals surface area contributed by atoms with Crippen molar-refractivity contribution in [3.63, 3.8) is 0 Å². The van der Waals surface area contributed by atoms with Gasteiger partial charge in [-0.2, -0.15) is 4.31 Å². The van der Waals surface area contributed by atoms with E-state index in [0.29, 0.717) is 43.2 Å². The highest BCUT2D eigenvalue weighted by atomic mass is 32.2. The molecule has 0 aliphatic carbocycles. The number of nitrogens with one attached hydrogen (secondary N) is 2. The molecule has 1 aromatic heterocycles. The van der Waals surface area contributed by atoms with Gasteiger partial charge in [-0.05, 0) is 25.0 Å². The molecule has 0 spiro atoms. The molecular formula is C15H25N3O4S2. The predicted molar refractivity (Wildman–Crippen MR) is 93.6 cm³/mol.